The van der Waals surface area contributed by atoms with Crippen molar-refractivity contribution in [3.05, 3.63) is 52.8 Å². The molecule has 2 aromatic rings. The van der Waals surface area contributed by atoms with Crippen LogP contribution in [-0.2, 0) is 22.3 Å². The van der Waals surface area contributed by atoms with Gasteiger partial charge < -0.3 is 19.7 Å². The maximum Gasteiger partial charge on any atom is 0.419 e. The topological polar surface area (TPSA) is 84.9 Å². The Morgan fingerprint density at radius 1 is 1.14 bits per heavy atom. The quantitative estimate of drug-likeness (QED) is 0.278. The predicted octanol–water partition coefficient (Wildman–Crippen LogP) is 6.61. The molecule has 2 atom stereocenters. The lowest BCUT2D eigenvalue weighted by Crippen LogP contribution is -2.50. The van der Waals surface area contributed by atoms with Crippen molar-refractivity contribution < 1.29 is 50.2 Å². The molecule has 2 aromatic carbocycles. The number of benzene rings is 2. The zero-order chi connectivity index (χ0) is 31.2. The molecule has 1 N–H and O–H groups in total. The molecule has 1 heterocycles. The van der Waals surface area contributed by atoms with E-state index < -0.39 is 89.5 Å². The van der Waals surface area contributed by atoms with Crippen LogP contribution >= 0.6 is 11.8 Å². The van der Waals surface area contributed by atoms with E-state index in [0.717, 1.165) is 48.0 Å². The molecular weight excluding hydrogens is 590 g/mol. The smallest absolute Gasteiger partial charge is 0.419 e. The van der Waals surface area contributed by atoms with E-state index in [1.54, 1.807) is 20.8 Å². The Hall–Kier alpha value is -3.42. The van der Waals surface area contributed by atoms with Crippen molar-refractivity contribution in [2.75, 3.05) is 17.8 Å². The van der Waals surface area contributed by atoms with E-state index in [0.29, 0.717) is 0 Å². The van der Waals surface area contributed by atoms with Gasteiger partial charge in [0, 0.05) is 29.4 Å². The van der Waals surface area contributed by atoms with Crippen LogP contribution in [0.15, 0.2) is 35.2 Å². The number of carbonyl (C=O) groups is 3. The molecular formula is C28H28F6N2O5S. The van der Waals surface area contributed by atoms with Crippen molar-refractivity contribution in [1.82, 2.24) is 5.32 Å². The van der Waals surface area contributed by atoms with E-state index in [-0.39, 0.29) is 21.9 Å². The van der Waals surface area contributed by atoms with Crippen molar-refractivity contribution in [3.63, 3.8) is 0 Å². The van der Waals surface area contributed by atoms with Crippen LogP contribution in [0.25, 0.3) is 0 Å². The number of fused-ring (bicyclic) bond motifs is 1. The molecule has 2 amide bonds. The van der Waals surface area contributed by atoms with Gasteiger partial charge in [0.05, 0.1) is 30.5 Å². The van der Waals surface area contributed by atoms with Crippen LogP contribution in [-0.4, -0.2) is 48.2 Å². The Labute approximate surface area is 241 Å². The number of anilines is 1. The SMILES string of the molecule is COc1ccc(CN2C(=O)[C@@H](NC(=O)OC(C)(C)C)CSc3cc(F)c(C(=O)CC4CC4(F)F)cc32)cc1C(F)(F)F. The minimum absolute atomic E-state index is 0.0140. The average Bonchev–Trinajstić information content (AvgIpc) is 3.50. The fraction of sp³-hybridized carbons (Fsp3) is 0.464. The largest absolute Gasteiger partial charge is 0.496 e. The fourth-order valence-corrected chi connectivity index (χ4v) is 5.51. The maximum absolute atomic E-state index is 15.1. The van der Waals surface area contributed by atoms with Crippen molar-refractivity contribution in [2.45, 2.75) is 68.8 Å². The highest BCUT2D eigenvalue weighted by Crippen LogP contribution is 2.51. The zero-order valence-electron chi connectivity index (χ0n) is 23.0. The summed E-state index contributed by atoms with van der Waals surface area (Å²) in [7, 11) is 1.08. The van der Waals surface area contributed by atoms with Gasteiger partial charge in [-0.25, -0.2) is 18.0 Å². The molecule has 14 heteroatoms. The van der Waals surface area contributed by atoms with E-state index >= 15 is 4.39 Å². The van der Waals surface area contributed by atoms with Gasteiger partial charge in [-0.15, -0.1) is 11.8 Å². The van der Waals surface area contributed by atoms with Gasteiger partial charge in [0.15, 0.2) is 5.78 Å². The number of alkyl carbamates (subject to hydrolysis) is 1. The van der Waals surface area contributed by atoms with Crippen LogP contribution < -0.4 is 15.0 Å². The summed E-state index contributed by atoms with van der Waals surface area (Å²) < 4.78 is 93.1. The second-order valence-electron chi connectivity index (χ2n) is 11.1. The third-order valence-corrected chi connectivity index (χ3v) is 7.74. The van der Waals surface area contributed by atoms with Crippen LogP contribution in [0, 0.1) is 11.7 Å². The van der Waals surface area contributed by atoms with E-state index in [4.69, 9.17) is 9.47 Å². The molecule has 0 spiro atoms. The lowest BCUT2D eigenvalue weighted by molar-refractivity contribution is -0.138. The summed E-state index contributed by atoms with van der Waals surface area (Å²) in [5.74, 6) is -7.44. The van der Waals surface area contributed by atoms with Crippen LogP contribution in [0.4, 0.5) is 36.8 Å². The number of nitrogens with zero attached hydrogens (tertiary/aromatic N) is 1. The van der Waals surface area contributed by atoms with Crippen molar-refractivity contribution in [3.8, 4) is 5.75 Å². The molecule has 1 saturated carbocycles. The first-order valence-electron chi connectivity index (χ1n) is 12.8. The second-order valence-corrected chi connectivity index (χ2v) is 12.1. The number of Topliss-reactive ketones (excluding diaryl/α,β-unsaturated/α-hetero) is 1. The normalized spacial score (nSPS) is 20.0. The summed E-state index contributed by atoms with van der Waals surface area (Å²) in [5.41, 5.74) is -2.53. The van der Waals surface area contributed by atoms with Crippen LogP contribution in [0.5, 0.6) is 5.75 Å². The molecule has 1 unspecified atom stereocenters. The number of halogens is 6. The number of alkyl halides is 5. The highest BCUT2D eigenvalue weighted by atomic mass is 32.2. The summed E-state index contributed by atoms with van der Waals surface area (Å²) in [6.07, 6.45) is -6.82. The molecule has 0 aromatic heterocycles. The Balaban J connectivity index is 1.74. The Bertz CT molecular complexity index is 1410. The summed E-state index contributed by atoms with van der Waals surface area (Å²) in [6, 6.07) is 3.96. The first kappa shape index (κ1) is 31.5. The second kappa shape index (κ2) is 11.3. The minimum Gasteiger partial charge on any atom is -0.496 e. The molecule has 7 nitrogen and oxygen atoms in total. The van der Waals surface area contributed by atoms with Gasteiger partial charge in [-0.1, -0.05) is 6.07 Å². The van der Waals surface area contributed by atoms with Gasteiger partial charge in [0.1, 0.15) is 23.2 Å². The molecule has 1 aliphatic carbocycles. The maximum atomic E-state index is 15.1. The molecule has 42 heavy (non-hydrogen) atoms. The molecule has 2 aliphatic rings. The number of hydrogen-bond donors (Lipinski definition) is 1. The number of thioether (sulfide) groups is 1. The fourth-order valence-electron chi connectivity index (χ4n) is 4.43. The third kappa shape index (κ3) is 7.13. The molecule has 228 valence electrons. The third-order valence-electron chi connectivity index (χ3n) is 6.60. The zero-order valence-corrected chi connectivity index (χ0v) is 23.9. The number of ketones is 1. The van der Waals surface area contributed by atoms with Gasteiger partial charge in [-0.3, -0.25) is 9.59 Å². The molecule has 4 rings (SSSR count). The van der Waals surface area contributed by atoms with Crippen molar-refractivity contribution in [1.29, 1.82) is 0 Å². The van der Waals surface area contributed by atoms with E-state index in [1.807, 2.05) is 0 Å². The van der Waals surface area contributed by atoms with Crippen LogP contribution in [0.2, 0.25) is 0 Å². The van der Waals surface area contributed by atoms with E-state index in [2.05, 4.69) is 5.32 Å². The van der Waals surface area contributed by atoms with Crippen LogP contribution in [0.1, 0.15) is 55.1 Å². The number of carbonyl (C=O) groups excluding carboxylic acids is 3. The number of ether oxygens (including phenoxy) is 2. The summed E-state index contributed by atoms with van der Waals surface area (Å²) in [6.45, 7) is 4.36. The molecule has 0 bridgehead atoms. The Morgan fingerprint density at radius 2 is 1.81 bits per heavy atom. The van der Waals surface area contributed by atoms with Crippen LogP contribution in [0.3, 0.4) is 0 Å². The molecule has 0 radical (unpaired) electrons. The van der Waals surface area contributed by atoms with Gasteiger partial charge in [0.25, 0.3) is 11.8 Å². The van der Waals surface area contributed by atoms with Crippen molar-refractivity contribution in [2.24, 2.45) is 5.92 Å². The monoisotopic (exact) mass is 618 g/mol. The van der Waals surface area contributed by atoms with E-state index in [9.17, 15) is 36.3 Å². The summed E-state index contributed by atoms with van der Waals surface area (Å²) >= 11 is 0.966. The highest BCUT2D eigenvalue weighted by molar-refractivity contribution is 7.99. The highest BCUT2D eigenvalue weighted by Gasteiger charge is 2.57. The lowest BCUT2D eigenvalue weighted by atomic mass is 10.0. The van der Waals surface area contributed by atoms with Gasteiger partial charge in [-0.2, -0.15) is 13.2 Å². The molecule has 0 saturated heterocycles. The lowest BCUT2D eigenvalue weighted by Gasteiger charge is -2.28. The average molecular weight is 619 g/mol. The summed E-state index contributed by atoms with van der Waals surface area (Å²) in [5, 5.41) is 2.45. The standard InChI is InChI=1S/C28H28F6N2O5S/c1-26(2,3)41-25(39)35-19-13-42-23-10-18(29)16(21(37)8-15-11-27(15,30)31)9-20(23)36(24(19)38)12-14-5-6-22(40-4)17(7-14)28(32,33)34/h5-7,9-10,15,19H,8,11-13H2,1-4H3,(H,35,39)/t15?,19-/m0/s1. The predicted molar refractivity (Wildman–Crippen MR) is 141 cm³/mol. The van der Waals surface area contributed by atoms with Gasteiger partial charge >= 0.3 is 12.3 Å². The Kier molecular flexibility index (Phi) is 8.51. The van der Waals surface area contributed by atoms with Crippen molar-refractivity contribution >= 4 is 35.2 Å². The first-order chi connectivity index (χ1) is 19.4. The Morgan fingerprint density at radius 3 is 2.38 bits per heavy atom. The molecule has 1 fully saturated rings. The minimum atomic E-state index is -4.79. The summed E-state index contributed by atoms with van der Waals surface area (Å²) in [4.78, 5) is 40.2. The molecule has 1 aliphatic heterocycles. The van der Waals surface area contributed by atoms with Gasteiger partial charge in [0.2, 0.25) is 0 Å². The number of rotatable bonds is 7. The van der Waals surface area contributed by atoms with E-state index in [1.165, 1.54) is 6.07 Å². The number of amides is 2. The first-order valence-corrected chi connectivity index (χ1v) is 13.8. The number of hydrogen-bond acceptors (Lipinski definition) is 6. The number of nitrogens with one attached hydrogen (secondary N) is 1. The number of methoxy groups -OCH3 is 1. The van der Waals surface area contributed by atoms with Gasteiger partial charge in [-0.05, 0) is 50.6 Å².